The zero-order valence-electron chi connectivity index (χ0n) is 12.8. The minimum Gasteiger partial charge on any atom is -0.395 e. The minimum absolute atomic E-state index is 0.268. The smallest absolute Gasteiger partial charge is 0.0558 e. The second-order valence-electron chi connectivity index (χ2n) is 5.56. The van der Waals surface area contributed by atoms with E-state index < -0.39 is 0 Å². The molecule has 0 aliphatic carbocycles. The van der Waals surface area contributed by atoms with Crippen molar-refractivity contribution in [1.82, 2.24) is 15.1 Å². The van der Waals surface area contributed by atoms with Crippen LogP contribution in [0.25, 0.3) is 0 Å². The van der Waals surface area contributed by atoms with Gasteiger partial charge >= 0.3 is 0 Å². The summed E-state index contributed by atoms with van der Waals surface area (Å²) in [5.41, 5.74) is 1.33. The molecular formula is C16H26BrN3O. The van der Waals surface area contributed by atoms with E-state index in [2.05, 4.69) is 55.3 Å². The Morgan fingerprint density at radius 3 is 2.33 bits per heavy atom. The van der Waals surface area contributed by atoms with Gasteiger partial charge in [-0.1, -0.05) is 34.1 Å². The van der Waals surface area contributed by atoms with Crippen molar-refractivity contribution in [2.24, 2.45) is 0 Å². The van der Waals surface area contributed by atoms with Gasteiger partial charge in [0.05, 0.1) is 6.61 Å². The van der Waals surface area contributed by atoms with Gasteiger partial charge in [0.15, 0.2) is 0 Å². The number of β-amino-alcohol motifs (C(OH)–C–C–N with tert-alkyl or cyclic N) is 1. The maximum Gasteiger partial charge on any atom is 0.0558 e. The van der Waals surface area contributed by atoms with Gasteiger partial charge < -0.3 is 15.3 Å². The summed E-state index contributed by atoms with van der Waals surface area (Å²) in [6.45, 7) is 6.53. The average Bonchev–Trinajstić information content (AvgIpc) is 2.51. The first kappa shape index (κ1) is 16.9. The number of nitrogens with zero attached hydrogens (tertiary/aromatic N) is 2. The van der Waals surface area contributed by atoms with Crippen molar-refractivity contribution in [3.05, 3.63) is 34.3 Å². The fourth-order valence-electron chi connectivity index (χ4n) is 2.90. The Balaban J connectivity index is 1.81. The summed E-state index contributed by atoms with van der Waals surface area (Å²) in [7, 11) is 2.03. The number of hydrogen-bond acceptors (Lipinski definition) is 4. The van der Waals surface area contributed by atoms with Crippen LogP contribution in [-0.4, -0.2) is 67.8 Å². The number of rotatable bonds is 7. The van der Waals surface area contributed by atoms with Crippen LogP contribution >= 0.6 is 15.9 Å². The molecule has 2 rings (SSSR count). The van der Waals surface area contributed by atoms with Crippen molar-refractivity contribution in [2.75, 3.05) is 52.9 Å². The van der Waals surface area contributed by atoms with E-state index in [0.717, 1.165) is 45.7 Å². The first-order valence-electron chi connectivity index (χ1n) is 7.72. The molecule has 1 saturated heterocycles. The predicted octanol–water partition coefficient (Wildman–Crippen LogP) is 1.71. The van der Waals surface area contributed by atoms with Crippen molar-refractivity contribution >= 4 is 15.9 Å². The predicted molar refractivity (Wildman–Crippen MR) is 90.5 cm³/mol. The highest BCUT2D eigenvalue weighted by Gasteiger charge is 2.18. The molecule has 21 heavy (non-hydrogen) atoms. The van der Waals surface area contributed by atoms with Gasteiger partial charge in [0, 0.05) is 49.8 Å². The summed E-state index contributed by atoms with van der Waals surface area (Å²) in [5.74, 6) is 0. The highest BCUT2D eigenvalue weighted by atomic mass is 79.9. The molecule has 1 heterocycles. The van der Waals surface area contributed by atoms with Gasteiger partial charge in [0.1, 0.15) is 0 Å². The molecule has 1 aliphatic heterocycles. The quantitative estimate of drug-likeness (QED) is 0.780. The molecule has 1 fully saturated rings. The highest BCUT2D eigenvalue weighted by Crippen LogP contribution is 2.25. The summed E-state index contributed by atoms with van der Waals surface area (Å²) < 4.78 is 1.18. The summed E-state index contributed by atoms with van der Waals surface area (Å²) in [6, 6.07) is 8.83. The lowest BCUT2D eigenvalue weighted by atomic mass is 10.0. The molecule has 1 atom stereocenters. The number of aliphatic hydroxyl groups excluding tert-OH is 1. The Labute approximate surface area is 136 Å². The van der Waals surface area contributed by atoms with Gasteiger partial charge in [-0.2, -0.15) is 0 Å². The van der Waals surface area contributed by atoms with Crippen molar-refractivity contribution in [2.45, 2.75) is 12.5 Å². The van der Waals surface area contributed by atoms with Gasteiger partial charge in [-0.25, -0.2) is 0 Å². The molecule has 0 radical (unpaired) electrons. The van der Waals surface area contributed by atoms with E-state index in [4.69, 9.17) is 5.11 Å². The van der Waals surface area contributed by atoms with E-state index in [1.807, 2.05) is 7.05 Å². The third-order valence-electron chi connectivity index (χ3n) is 4.24. The molecule has 118 valence electrons. The first-order valence-corrected chi connectivity index (χ1v) is 8.51. The second kappa shape index (κ2) is 8.86. The standard InChI is InChI=1S/C16H26BrN3O/c1-18-16(14-4-2-3-5-15(14)17)6-7-19-8-10-20(11-9-19)12-13-21/h2-5,16,18,21H,6-13H2,1H3. The lowest BCUT2D eigenvalue weighted by Crippen LogP contribution is -2.47. The molecule has 0 saturated carbocycles. The number of hydrogen-bond donors (Lipinski definition) is 2. The molecule has 0 spiro atoms. The summed E-state index contributed by atoms with van der Waals surface area (Å²) in [5, 5.41) is 12.4. The van der Waals surface area contributed by atoms with E-state index in [-0.39, 0.29) is 6.61 Å². The van der Waals surface area contributed by atoms with Crippen LogP contribution in [-0.2, 0) is 0 Å². The average molecular weight is 356 g/mol. The molecule has 0 aromatic heterocycles. The van der Waals surface area contributed by atoms with Crippen LogP contribution < -0.4 is 5.32 Å². The molecule has 0 amide bonds. The monoisotopic (exact) mass is 355 g/mol. The molecule has 1 unspecified atom stereocenters. The number of nitrogens with one attached hydrogen (secondary N) is 1. The fourth-order valence-corrected chi connectivity index (χ4v) is 3.46. The Kier molecular flexibility index (Phi) is 7.13. The molecule has 4 nitrogen and oxygen atoms in total. The molecule has 0 bridgehead atoms. The molecule has 1 aromatic carbocycles. The normalized spacial score (nSPS) is 18.8. The van der Waals surface area contributed by atoms with E-state index in [9.17, 15) is 0 Å². The molecule has 2 N–H and O–H groups in total. The van der Waals surface area contributed by atoms with Crippen LogP contribution in [0.2, 0.25) is 0 Å². The van der Waals surface area contributed by atoms with E-state index in [1.165, 1.54) is 10.0 Å². The van der Waals surface area contributed by atoms with E-state index >= 15 is 0 Å². The number of piperazine rings is 1. The topological polar surface area (TPSA) is 38.7 Å². The van der Waals surface area contributed by atoms with E-state index in [0.29, 0.717) is 6.04 Å². The van der Waals surface area contributed by atoms with Crippen molar-refractivity contribution in [3.63, 3.8) is 0 Å². The maximum atomic E-state index is 8.98. The highest BCUT2D eigenvalue weighted by molar-refractivity contribution is 9.10. The largest absolute Gasteiger partial charge is 0.395 e. The second-order valence-corrected chi connectivity index (χ2v) is 6.41. The third-order valence-corrected chi connectivity index (χ3v) is 4.97. The SMILES string of the molecule is CNC(CCN1CCN(CCO)CC1)c1ccccc1Br. The lowest BCUT2D eigenvalue weighted by molar-refractivity contribution is 0.110. The van der Waals surface area contributed by atoms with Crippen LogP contribution in [0.4, 0.5) is 0 Å². The molecule has 1 aliphatic rings. The fraction of sp³-hybridized carbons (Fsp3) is 0.625. The van der Waals surface area contributed by atoms with Gasteiger partial charge in [-0.05, 0) is 25.1 Å². The Hall–Kier alpha value is -0.460. The van der Waals surface area contributed by atoms with Crippen LogP contribution in [0.3, 0.4) is 0 Å². The number of aliphatic hydroxyl groups is 1. The number of halogens is 1. The first-order chi connectivity index (χ1) is 10.2. The molecule has 1 aromatic rings. The van der Waals surface area contributed by atoms with Gasteiger partial charge in [0.2, 0.25) is 0 Å². The Morgan fingerprint density at radius 1 is 1.14 bits per heavy atom. The Bertz CT molecular complexity index is 422. The van der Waals surface area contributed by atoms with Gasteiger partial charge in [-0.15, -0.1) is 0 Å². The minimum atomic E-state index is 0.268. The Morgan fingerprint density at radius 2 is 1.76 bits per heavy atom. The van der Waals surface area contributed by atoms with Crippen LogP contribution in [0.15, 0.2) is 28.7 Å². The van der Waals surface area contributed by atoms with E-state index in [1.54, 1.807) is 0 Å². The summed E-state index contributed by atoms with van der Waals surface area (Å²) in [6.07, 6.45) is 1.11. The van der Waals surface area contributed by atoms with Crippen LogP contribution in [0.5, 0.6) is 0 Å². The molecule has 5 heteroatoms. The maximum absolute atomic E-state index is 8.98. The third kappa shape index (κ3) is 5.04. The van der Waals surface area contributed by atoms with Crippen molar-refractivity contribution in [1.29, 1.82) is 0 Å². The van der Waals surface area contributed by atoms with Crippen LogP contribution in [0.1, 0.15) is 18.0 Å². The number of benzene rings is 1. The van der Waals surface area contributed by atoms with Crippen LogP contribution in [0, 0.1) is 0 Å². The van der Waals surface area contributed by atoms with Gasteiger partial charge in [0.25, 0.3) is 0 Å². The summed E-state index contributed by atoms with van der Waals surface area (Å²) >= 11 is 3.64. The zero-order chi connectivity index (χ0) is 15.1. The van der Waals surface area contributed by atoms with Crippen molar-refractivity contribution in [3.8, 4) is 0 Å². The molecular weight excluding hydrogens is 330 g/mol. The summed E-state index contributed by atoms with van der Waals surface area (Å²) in [4.78, 5) is 4.86. The van der Waals surface area contributed by atoms with Crippen molar-refractivity contribution < 1.29 is 5.11 Å². The van der Waals surface area contributed by atoms with Gasteiger partial charge in [-0.3, -0.25) is 4.90 Å². The lowest BCUT2D eigenvalue weighted by Gasteiger charge is -2.35. The zero-order valence-corrected chi connectivity index (χ0v) is 14.3.